The Morgan fingerprint density at radius 3 is 2.77 bits per heavy atom. The van der Waals surface area contributed by atoms with Gasteiger partial charge in [-0.25, -0.2) is 15.0 Å². The number of likely N-dealkylation sites (tertiary alicyclic amines) is 1. The summed E-state index contributed by atoms with van der Waals surface area (Å²) in [4.78, 5) is 40.2. The number of carbonyl (C=O) groups is 2. The highest BCUT2D eigenvalue weighted by molar-refractivity contribution is 7.13. The Morgan fingerprint density at radius 2 is 2.03 bits per heavy atom. The lowest BCUT2D eigenvalue weighted by molar-refractivity contribution is -0.117. The number of rotatable bonds is 6. The van der Waals surface area contributed by atoms with Gasteiger partial charge in [0.1, 0.15) is 5.82 Å². The molecule has 3 aromatic rings. The normalized spacial score (nSPS) is 16.6. The van der Waals surface area contributed by atoms with Crippen molar-refractivity contribution in [3.8, 4) is 0 Å². The second-order valence-corrected chi connectivity index (χ2v) is 8.40. The maximum atomic E-state index is 12.6. The molecule has 0 aliphatic carbocycles. The number of carbonyl (C=O) groups excluding carboxylic acids is 2. The molecule has 1 aromatic carbocycles. The van der Waals surface area contributed by atoms with Gasteiger partial charge in [-0.2, -0.15) is 0 Å². The molecule has 31 heavy (non-hydrogen) atoms. The lowest BCUT2D eigenvalue weighted by Crippen LogP contribution is -2.40. The zero-order valence-electron chi connectivity index (χ0n) is 17.2. The van der Waals surface area contributed by atoms with Gasteiger partial charge < -0.3 is 10.6 Å². The van der Waals surface area contributed by atoms with E-state index in [1.807, 2.05) is 42.6 Å². The van der Waals surface area contributed by atoms with Crippen molar-refractivity contribution in [2.24, 2.45) is 0 Å². The predicted octanol–water partition coefficient (Wildman–Crippen LogP) is 3.31. The number of hydrogen-bond donors (Lipinski definition) is 2. The summed E-state index contributed by atoms with van der Waals surface area (Å²) in [5, 5.41) is 8.13. The van der Waals surface area contributed by atoms with E-state index in [0.29, 0.717) is 29.5 Å². The van der Waals surface area contributed by atoms with Crippen molar-refractivity contribution in [1.82, 2.24) is 19.9 Å². The van der Waals surface area contributed by atoms with E-state index in [1.165, 1.54) is 11.3 Å². The Labute approximate surface area is 184 Å². The first-order valence-electron chi connectivity index (χ1n) is 10.2. The van der Waals surface area contributed by atoms with Gasteiger partial charge in [0, 0.05) is 35.9 Å². The van der Waals surface area contributed by atoms with Crippen molar-refractivity contribution in [2.75, 3.05) is 30.3 Å². The fourth-order valence-corrected chi connectivity index (χ4v) is 4.23. The summed E-state index contributed by atoms with van der Waals surface area (Å²) in [5.41, 5.74) is 1.84. The van der Waals surface area contributed by atoms with Crippen LogP contribution in [0, 0.1) is 6.92 Å². The molecule has 9 heteroatoms. The van der Waals surface area contributed by atoms with Gasteiger partial charge in [-0.3, -0.25) is 14.5 Å². The highest BCUT2D eigenvalue weighted by atomic mass is 32.1. The second-order valence-electron chi connectivity index (χ2n) is 7.51. The molecule has 0 unspecified atom stereocenters. The Morgan fingerprint density at radius 1 is 1.19 bits per heavy atom. The van der Waals surface area contributed by atoms with Gasteiger partial charge in [-0.05, 0) is 38.4 Å². The van der Waals surface area contributed by atoms with Crippen molar-refractivity contribution in [3.05, 3.63) is 65.2 Å². The Hall–Kier alpha value is -3.17. The maximum Gasteiger partial charge on any atom is 0.259 e. The topological polar surface area (TPSA) is 100 Å². The van der Waals surface area contributed by atoms with Crippen LogP contribution in [0.25, 0.3) is 0 Å². The quantitative estimate of drug-likeness (QED) is 0.615. The molecule has 3 heterocycles. The van der Waals surface area contributed by atoms with Crippen molar-refractivity contribution in [2.45, 2.75) is 25.7 Å². The molecule has 1 saturated heterocycles. The number of thiazole rings is 1. The van der Waals surface area contributed by atoms with Gasteiger partial charge in [0.15, 0.2) is 5.13 Å². The van der Waals surface area contributed by atoms with E-state index < -0.39 is 0 Å². The fraction of sp³-hybridized carbons (Fsp3) is 0.318. The minimum absolute atomic E-state index is 0.0689. The molecule has 0 spiro atoms. The van der Waals surface area contributed by atoms with Crippen LogP contribution in [-0.2, 0) is 4.79 Å². The van der Waals surface area contributed by atoms with E-state index in [0.717, 1.165) is 30.9 Å². The highest BCUT2D eigenvalue weighted by Gasteiger charge is 2.26. The Kier molecular flexibility index (Phi) is 6.63. The van der Waals surface area contributed by atoms with E-state index in [9.17, 15) is 9.59 Å². The molecule has 1 fully saturated rings. The number of piperidine rings is 1. The van der Waals surface area contributed by atoms with Crippen LogP contribution in [-0.4, -0.2) is 51.3 Å². The fourth-order valence-electron chi connectivity index (χ4n) is 3.68. The Balaban J connectivity index is 1.38. The monoisotopic (exact) mass is 436 g/mol. The molecule has 2 amide bonds. The van der Waals surface area contributed by atoms with Gasteiger partial charge in [-0.1, -0.05) is 18.2 Å². The summed E-state index contributed by atoms with van der Waals surface area (Å²) in [6.45, 7) is 3.71. The molecule has 1 atom stereocenters. The molecular weight excluding hydrogens is 412 g/mol. The SMILES string of the molecule is Cc1nc([C@H]2CCCN(CC(=O)Nc3nccs3)C2)ncc1C(=O)Nc1ccccc1. The largest absolute Gasteiger partial charge is 0.322 e. The average Bonchev–Trinajstić information content (AvgIpc) is 3.27. The summed E-state index contributed by atoms with van der Waals surface area (Å²) in [6, 6.07) is 9.31. The second kappa shape index (κ2) is 9.76. The van der Waals surface area contributed by atoms with Crippen molar-refractivity contribution >= 4 is 34.0 Å². The summed E-state index contributed by atoms with van der Waals surface area (Å²) >= 11 is 1.40. The third kappa shape index (κ3) is 5.50. The van der Waals surface area contributed by atoms with Crippen LogP contribution in [0.3, 0.4) is 0 Å². The smallest absolute Gasteiger partial charge is 0.259 e. The lowest BCUT2D eigenvalue weighted by Gasteiger charge is -2.31. The molecule has 0 bridgehead atoms. The number of aromatic nitrogens is 3. The molecule has 2 aromatic heterocycles. The van der Waals surface area contributed by atoms with E-state index >= 15 is 0 Å². The number of nitrogens with one attached hydrogen (secondary N) is 2. The van der Waals surface area contributed by atoms with Crippen molar-refractivity contribution in [3.63, 3.8) is 0 Å². The van der Waals surface area contributed by atoms with Crippen LogP contribution in [0.1, 0.15) is 40.6 Å². The summed E-state index contributed by atoms with van der Waals surface area (Å²) in [5.74, 6) is 0.560. The third-order valence-electron chi connectivity index (χ3n) is 5.19. The Bertz CT molecular complexity index is 1040. The van der Waals surface area contributed by atoms with Gasteiger partial charge in [0.25, 0.3) is 5.91 Å². The van der Waals surface area contributed by atoms with Crippen LogP contribution >= 0.6 is 11.3 Å². The number of benzene rings is 1. The number of hydrogen-bond acceptors (Lipinski definition) is 7. The molecule has 2 N–H and O–H groups in total. The van der Waals surface area contributed by atoms with Gasteiger partial charge >= 0.3 is 0 Å². The van der Waals surface area contributed by atoms with Gasteiger partial charge in [-0.15, -0.1) is 11.3 Å². The predicted molar refractivity (Wildman–Crippen MR) is 120 cm³/mol. The molecule has 1 aliphatic rings. The number of para-hydroxylation sites is 1. The summed E-state index contributed by atoms with van der Waals surface area (Å²) < 4.78 is 0. The summed E-state index contributed by atoms with van der Waals surface area (Å²) in [7, 11) is 0. The van der Waals surface area contributed by atoms with Crippen molar-refractivity contribution in [1.29, 1.82) is 0 Å². The van der Waals surface area contributed by atoms with Gasteiger partial charge in [0.2, 0.25) is 5.91 Å². The highest BCUT2D eigenvalue weighted by Crippen LogP contribution is 2.25. The van der Waals surface area contributed by atoms with Crippen LogP contribution in [0.15, 0.2) is 48.1 Å². The van der Waals surface area contributed by atoms with E-state index in [1.54, 1.807) is 12.4 Å². The third-order valence-corrected chi connectivity index (χ3v) is 5.88. The van der Waals surface area contributed by atoms with Crippen molar-refractivity contribution < 1.29 is 9.59 Å². The van der Waals surface area contributed by atoms with Crippen LogP contribution < -0.4 is 10.6 Å². The minimum atomic E-state index is -0.223. The number of anilines is 2. The molecule has 8 nitrogen and oxygen atoms in total. The van der Waals surface area contributed by atoms with E-state index in [2.05, 4.69) is 30.5 Å². The van der Waals surface area contributed by atoms with Gasteiger partial charge in [0.05, 0.1) is 17.8 Å². The first kappa shape index (κ1) is 21.1. The molecule has 0 radical (unpaired) electrons. The standard InChI is InChI=1S/C22H24N6O2S/c1-15-18(21(30)26-17-7-3-2-4-8-17)12-24-20(25-15)16-6-5-10-28(13-16)14-19(29)27-22-23-9-11-31-22/h2-4,7-9,11-12,16H,5-6,10,13-14H2,1H3,(H,26,30)(H,23,27,29)/t16-/m0/s1. The molecule has 160 valence electrons. The number of amides is 2. The minimum Gasteiger partial charge on any atom is -0.322 e. The van der Waals surface area contributed by atoms with E-state index in [-0.39, 0.29) is 17.7 Å². The van der Waals surface area contributed by atoms with Crippen LogP contribution in [0.5, 0.6) is 0 Å². The molecule has 0 saturated carbocycles. The number of nitrogens with zero attached hydrogens (tertiary/aromatic N) is 4. The zero-order valence-corrected chi connectivity index (χ0v) is 18.1. The molecular formula is C22H24N6O2S. The molecule has 4 rings (SSSR count). The van der Waals surface area contributed by atoms with E-state index in [4.69, 9.17) is 0 Å². The lowest BCUT2D eigenvalue weighted by atomic mass is 9.97. The number of aryl methyl sites for hydroxylation is 1. The van der Waals surface area contributed by atoms with Crippen LogP contribution in [0.2, 0.25) is 0 Å². The molecule has 1 aliphatic heterocycles. The van der Waals surface area contributed by atoms with Crippen LogP contribution in [0.4, 0.5) is 10.8 Å². The zero-order chi connectivity index (χ0) is 21.6. The first-order valence-corrected chi connectivity index (χ1v) is 11.1. The first-order chi connectivity index (χ1) is 15.1. The summed E-state index contributed by atoms with van der Waals surface area (Å²) in [6.07, 6.45) is 5.19. The average molecular weight is 437 g/mol. The maximum absolute atomic E-state index is 12.6.